The van der Waals surface area contributed by atoms with Gasteiger partial charge in [0.15, 0.2) is 0 Å². The summed E-state index contributed by atoms with van der Waals surface area (Å²) in [5, 5.41) is 11.8. The van der Waals surface area contributed by atoms with Crippen LogP contribution in [-0.2, 0) is 4.79 Å². The number of anilines is 1. The first-order valence-electron chi connectivity index (χ1n) is 4.29. The van der Waals surface area contributed by atoms with Crippen LogP contribution in [0.25, 0.3) is 0 Å². The van der Waals surface area contributed by atoms with Crippen molar-refractivity contribution in [1.29, 1.82) is 0 Å². The van der Waals surface area contributed by atoms with Crippen molar-refractivity contribution >= 4 is 23.2 Å². The second-order valence-electron chi connectivity index (χ2n) is 3.64. The molecule has 2 N–H and O–H groups in total. The molecule has 0 radical (unpaired) electrons. The molecule has 0 saturated heterocycles. The van der Waals surface area contributed by atoms with E-state index in [9.17, 15) is 14.3 Å². The fraction of sp³-hybridized carbons (Fsp3) is 0.300. The topological polar surface area (TPSA) is 49.3 Å². The van der Waals surface area contributed by atoms with E-state index in [2.05, 4.69) is 5.32 Å². The number of amides is 1. The molecular weight excluding hydrogens is 221 g/mol. The molecule has 0 spiro atoms. The van der Waals surface area contributed by atoms with Gasteiger partial charge in [0.05, 0.1) is 10.7 Å². The largest absolute Gasteiger partial charge is 0.381 e. The molecule has 3 nitrogen and oxygen atoms in total. The summed E-state index contributed by atoms with van der Waals surface area (Å²) in [4.78, 5) is 11.4. The molecule has 5 heteroatoms. The van der Waals surface area contributed by atoms with Crippen LogP contribution >= 0.6 is 11.6 Å². The summed E-state index contributed by atoms with van der Waals surface area (Å²) in [6.45, 7) is 2.69. The minimum absolute atomic E-state index is 0.0904. The van der Waals surface area contributed by atoms with Crippen molar-refractivity contribution in [2.24, 2.45) is 0 Å². The summed E-state index contributed by atoms with van der Waals surface area (Å²) >= 11 is 5.69. The molecule has 82 valence electrons. The van der Waals surface area contributed by atoms with Crippen molar-refractivity contribution in [2.75, 3.05) is 5.32 Å². The van der Waals surface area contributed by atoms with E-state index in [1.165, 1.54) is 26.0 Å². The van der Waals surface area contributed by atoms with E-state index in [1.54, 1.807) is 0 Å². The quantitative estimate of drug-likeness (QED) is 0.820. The molecule has 0 heterocycles. The Morgan fingerprint density at radius 2 is 2.13 bits per heavy atom. The molecule has 0 aliphatic carbocycles. The van der Waals surface area contributed by atoms with E-state index in [1.807, 2.05) is 0 Å². The van der Waals surface area contributed by atoms with E-state index in [4.69, 9.17) is 11.6 Å². The Hall–Kier alpha value is -1.13. The Balaban J connectivity index is 2.87. The third-order valence-corrected chi connectivity index (χ3v) is 2.05. The van der Waals surface area contributed by atoms with Gasteiger partial charge >= 0.3 is 0 Å². The number of hydrogen-bond donors (Lipinski definition) is 2. The number of nitrogens with one attached hydrogen (secondary N) is 1. The first-order valence-corrected chi connectivity index (χ1v) is 4.67. The second kappa shape index (κ2) is 4.16. The van der Waals surface area contributed by atoms with Crippen LogP contribution in [0.15, 0.2) is 18.2 Å². The summed E-state index contributed by atoms with van der Waals surface area (Å²) in [5.41, 5.74) is -1.23. The first-order chi connectivity index (χ1) is 6.80. The van der Waals surface area contributed by atoms with Gasteiger partial charge in [-0.3, -0.25) is 4.79 Å². The highest BCUT2D eigenvalue weighted by atomic mass is 35.5. The SMILES string of the molecule is CC(C)(O)C(=O)Nc1ccc(F)cc1Cl. The minimum atomic E-state index is -1.50. The fourth-order valence-corrected chi connectivity index (χ4v) is 1.08. The Labute approximate surface area is 91.9 Å². The number of aliphatic hydroxyl groups is 1. The molecule has 1 amide bonds. The van der Waals surface area contributed by atoms with Gasteiger partial charge in [0.2, 0.25) is 0 Å². The maximum atomic E-state index is 12.7. The standard InChI is InChI=1S/C10H11ClFNO2/c1-10(2,15)9(14)13-8-4-3-6(12)5-7(8)11/h3-5,15H,1-2H3,(H,13,14). The average molecular weight is 232 g/mol. The van der Waals surface area contributed by atoms with Crippen molar-refractivity contribution in [2.45, 2.75) is 19.4 Å². The number of halogens is 2. The molecule has 0 aliphatic heterocycles. The Morgan fingerprint density at radius 1 is 1.53 bits per heavy atom. The molecule has 0 fully saturated rings. The van der Waals surface area contributed by atoms with Gasteiger partial charge in [0.1, 0.15) is 11.4 Å². The van der Waals surface area contributed by atoms with Gasteiger partial charge in [-0.25, -0.2) is 4.39 Å². The summed E-state index contributed by atoms with van der Waals surface area (Å²) in [6.07, 6.45) is 0. The summed E-state index contributed by atoms with van der Waals surface area (Å²) in [7, 11) is 0. The lowest BCUT2D eigenvalue weighted by Crippen LogP contribution is -2.36. The maximum Gasteiger partial charge on any atom is 0.255 e. The molecule has 0 aliphatic rings. The van der Waals surface area contributed by atoms with Gasteiger partial charge in [0, 0.05) is 0 Å². The van der Waals surface area contributed by atoms with Gasteiger partial charge in [0.25, 0.3) is 5.91 Å². The average Bonchev–Trinajstić information content (AvgIpc) is 2.08. The van der Waals surface area contributed by atoms with Crippen molar-refractivity contribution in [3.05, 3.63) is 29.0 Å². The Bertz CT molecular complexity index is 387. The monoisotopic (exact) mass is 231 g/mol. The smallest absolute Gasteiger partial charge is 0.255 e. The van der Waals surface area contributed by atoms with Crippen LogP contribution < -0.4 is 5.32 Å². The van der Waals surface area contributed by atoms with Gasteiger partial charge in [-0.1, -0.05) is 11.6 Å². The molecule has 0 unspecified atom stereocenters. The van der Waals surface area contributed by atoms with Crippen LogP contribution in [0.5, 0.6) is 0 Å². The zero-order valence-electron chi connectivity index (χ0n) is 8.34. The first kappa shape index (κ1) is 11.9. The van der Waals surface area contributed by atoms with Gasteiger partial charge in [-0.15, -0.1) is 0 Å². The molecule has 0 saturated carbocycles. The summed E-state index contributed by atoms with van der Waals surface area (Å²) in [5.74, 6) is -1.09. The third-order valence-electron chi connectivity index (χ3n) is 1.74. The van der Waals surface area contributed by atoms with Crippen molar-refractivity contribution < 1.29 is 14.3 Å². The highest BCUT2D eigenvalue weighted by Gasteiger charge is 2.24. The number of carbonyl (C=O) groups excluding carboxylic acids is 1. The Morgan fingerprint density at radius 3 is 2.60 bits per heavy atom. The predicted molar refractivity (Wildman–Crippen MR) is 56.3 cm³/mol. The van der Waals surface area contributed by atoms with E-state index >= 15 is 0 Å². The molecule has 1 rings (SSSR count). The highest BCUT2D eigenvalue weighted by Crippen LogP contribution is 2.23. The molecule has 0 atom stereocenters. The van der Waals surface area contributed by atoms with Gasteiger partial charge in [-0.2, -0.15) is 0 Å². The van der Waals surface area contributed by atoms with Crippen LogP contribution in [0, 0.1) is 5.82 Å². The van der Waals surface area contributed by atoms with E-state index in [0.29, 0.717) is 0 Å². The lowest BCUT2D eigenvalue weighted by molar-refractivity contribution is -0.130. The van der Waals surface area contributed by atoms with Crippen LogP contribution in [0.4, 0.5) is 10.1 Å². The minimum Gasteiger partial charge on any atom is -0.381 e. The van der Waals surface area contributed by atoms with Crippen LogP contribution in [0.1, 0.15) is 13.8 Å². The van der Waals surface area contributed by atoms with Crippen LogP contribution in [-0.4, -0.2) is 16.6 Å². The number of rotatable bonds is 2. The second-order valence-corrected chi connectivity index (χ2v) is 4.04. The maximum absolute atomic E-state index is 12.7. The van der Waals surface area contributed by atoms with Gasteiger partial charge in [-0.05, 0) is 32.0 Å². The van der Waals surface area contributed by atoms with Gasteiger partial charge < -0.3 is 10.4 Å². The van der Waals surface area contributed by atoms with Crippen molar-refractivity contribution in [3.63, 3.8) is 0 Å². The molecule has 1 aromatic rings. The predicted octanol–water partition coefficient (Wildman–Crippen LogP) is 2.19. The van der Waals surface area contributed by atoms with Crippen LogP contribution in [0.2, 0.25) is 5.02 Å². The highest BCUT2D eigenvalue weighted by molar-refractivity contribution is 6.33. The molecule has 0 aromatic heterocycles. The summed E-state index contributed by atoms with van der Waals surface area (Å²) in [6, 6.07) is 3.59. The van der Waals surface area contributed by atoms with Crippen molar-refractivity contribution in [1.82, 2.24) is 0 Å². The Kier molecular flexibility index (Phi) is 3.31. The van der Waals surface area contributed by atoms with Crippen molar-refractivity contribution in [3.8, 4) is 0 Å². The number of benzene rings is 1. The molecular formula is C10H11ClFNO2. The zero-order valence-corrected chi connectivity index (χ0v) is 9.10. The van der Waals surface area contributed by atoms with E-state index < -0.39 is 17.3 Å². The number of hydrogen-bond acceptors (Lipinski definition) is 2. The third kappa shape index (κ3) is 3.18. The number of carbonyl (C=O) groups is 1. The molecule has 0 bridgehead atoms. The van der Waals surface area contributed by atoms with E-state index in [-0.39, 0.29) is 10.7 Å². The summed E-state index contributed by atoms with van der Waals surface area (Å²) < 4.78 is 12.7. The molecule has 15 heavy (non-hydrogen) atoms. The fourth-order valence-electron chi connectivity index (χ4n) is 0.866. The van der Waals surface area contributed by atoms with Crippen LogP contribution in [0.3, 0.4) is 0 Å². The van der Waals surface area contributed by atoms with E-state index in [0.717, 1.165) is 6.07 Å². The normalized spacial score (nSPS) is 11.3. The lowest BCUT2D eigenvalue weighted by atomic mass is 10.1. The molecule has 1 aromatic carbocycles. The lowest BCUT2D eigenvalue weighted by Gasteiger charge is -2.17. The zero-order chi connectivity index (χ0) is 11.6.